The predicted octanol–water partition coefficient (Wildman–Crippen LogP) is 2.19. The van der Waals surface area contributed by atoms with Gasteiger partial charge in [-0.25, -0.2) is 8.78 Å². The Hall–Kier alpha value is -0.180. The van der Waals surface area contributed by atoms with E-state index in [0.717, 1.165) is 0 Å². The summed E-state index contributed by atoms with van der Waals surface area (Å²) in [6.45, 7) is 3.31. The molecule has 1 saturated carbocycles. The monoisotopic (exact) mass is 164 g/mol. The summed E-state index contributed by atoms with van der Waals surface area (Å²) in [5.41, 5.74) is -0.887. The minimum absolute atomic E-state index is 0.176. The van der Waals surface area contributed by atoms with Crippen molar-refractivity contribution in [3.8, 4) is 0 Å². The Bertz CT molecular complexity index is 154. The molecule has 1 N–H and O–H groups in total. The van der Waals surface area contributed by atoms with Gasteiger partial charge in [-0.05, 0) is 19.3 Å². The van der Waals surface area contributed by atoms with E-state index in [1.807, 2.05) is 0 Å². The molecule has 0 amide bonds. The van der Waals surface area contributed by atoms with Gasteiger partial charge in [0.05, 0.1) is 5.60 Å². The summed E-state index contributed by atoms with van der Waals surface area (Å²) < 4.78 is 25.4. The fourth-order valence-electron chi connectivity index (χ4n) is 1.45. The van der Waals surface area contributed by atoms with Crippen molar-refractivity contribution in [3.05, 3.63) is 0 Å². The van der Waals surface area contributed by atoms with E-state index in [1.54, 1.807) is 13.8 Å². The van der Waals surface area contributed by atoms with Gasteiger partial charge in [0.25, 0.3) is 0 Å². The molecule has 2 unspecified atom stereocenters. The molecule has 0 bridgehead atoms. The van der Waals surface area contributed by atoms with E-state index in [1.165, 1.54) is 0 Å². The molecule has 1 aliphatic carbocycles. The zero-order valence-electron chi connectivity index (χ0n) is 6.90. The first-order valence-electron chi connectivity index (χ1n) is 3.94. The second-order valence-corrected chi connectivity index (χ2v) is 3.82. The van der Waals surface area contributed by atoms with Gasteiger partial charge in [0.1, 0.15) is 0 Å². The Balaban J connectivity index is 2.63. The summed E-state index contributed by atoms with van der Waals surface area (Å²) in [6.07, 6.45) is -0.147. The molecule has 0 aliphatic heterocycles. The summed E-state index contributed by atoms with van der Waals surface area (Å²) in [4.78, 5) is 0. The third-order valence-electron chi connectivity index (χ3n) is 2.66. The number of hydrogen-bond donors (Lipinski definition) is 1. The minimum atomic E-state index is -2.55. The van der Waals surface area contributed by atoms with Crippen LogP contribution in [0, 0.1) is 5.92 Å². The molecule has 0 spiro atoms. The van der Waals surface area contributed by atoms with E-state index < -0.39 is 11.5 Å². The van der Waals surface area contributed by atoms with Gasteiger partial charge in [0.2, 0.25) is 5.92 Å². The molecule has 0 aromatic rings. The molecule has 1 rings (SSSR count). The molecule has 1 fully saturated rings. The summed E-state index contributed by atoms with van der Waals surface area (Å²) >= 11 is 0. The minimum Gasteiger partial charge on any atom is -0.390 e. The van der Waals surface area contributed by atoms with Gasteiger partial charge in [0, 0.05) is 12.8 Å². The van der Waals surface area contributed by atoms with Gasteiger partial charge in [0.15, 0.2) is 0 Å². The highest BCUT2D eigenvalue weighted by molar-refractivity contribution is 4.90. The first kappa shape index (κ1) is 8.91. The Morgan fingerprint density at radius 3 is 2.27 bits per heavy atom. The zero-order valence-corrected chi connectivity index (χ0v) is 6.90. The SMILES string of the molecule is CC1CC(F)(F)CCC1(C)O. The Kier molecular flexibility index (Phi) is 1.95. The van der Waals surface area contributed by atoms with Gasteiger partial charge in [-0.1, -0.05) is 6.92 Å². The van der Waals surface area contributed by atoms with Crippen LogP contribution in [0.3, 0.4) is 0 Å². The van der Waals surface area contributed by atoms with Crippen LogP contribution < -0.4 is 0 Å². The third-order valence-corrected chi connectivity index (χ3v) is 2.66. The second kappa shape index (κ2) is 2.41. The average molecular weight is 164 g/mol. The van der Waals surface area contributed by atoms with E-state index in [0.29, 0.717) is 0 Å². The zero-order chi connectivity index (χ0) is 8.70. The van der Waals surface area contributed by atoms with Crippen LogP contribution in [-0.4, -0.2) is 16.6 Å². The van der Waals surface area contributed by atoms with Crippen LogP contribution in [0.5, 0.6) is 0 Å². The van der Waals surface area contributed by atoms with Crippen molar-refractivity contribution < 1.29 is 13.9 Å². The predicted molar refractivity (Wildman–Crippen MR) is 38.6 cm³/mol. The summed E-state index contributed by atoms with van der Waals surface area (Å²) in [7, 11) is 0. The van der Waals surface area contributed by atoms with Crippen molar-refractivity contribution >= 4 is 0 Å². The molecule has 0 heterocycles. The lowest BCUT2D eigenvalue weighted by Gasteiger charge is -2.38. The number of alkyl halides is 2. The first-order valence-corrected chi connectivity index (χ1v) is 3.94. The van der Waals surface area contributed by atoms with E-state index in [4.69, 9.17) is 0 Å². The molecule has 0 aromatic carbocycles. The van der Waals surface area contributed by atoms with Gasteiger partial charge < -0.3 is 5.11 Å². The van der Waals surface area contributed by atoms with Crippen molar-refractivity contribution in [3.63, 3.8) is 0 Å². The van der Waals surface area contributed by atoms with Crippen molar-refractivity contribution in [1.29, 1.82) is 0 Å². The number of rotatable bonds is 0. The van der Waals surface area contributed by atoms with Gasteiger partial charge in [-0.15, -0.1) is 0 Å². The highest BCUT2D eigenvalue weighted by Gasteiger charge is 2.44. The summed E-state index contributed by atoms with van der Waals surface area (Å²) in [6, 6.07) is 0. The summed E-state index contributed by atoms with van der Waals surface area (Å²) in [5, 5.41) is 9.54. The highest BCUT2D eigenvalue weighted by Crippen LogP contribution is 2.41. The maximum absolute atomic E-state index is 12.7. The van der Waals surface area contributed by atoms with Gasteiger partial charge >= 0.3 is 0 Å². The van der Waals surface area contributed by atoms with Crippen LogP contribution in [0.15, 0.2) is 0 Å². The van der Waals surface area contributed by atoms with Crippen molar-refractivity contribution in [2.75, 3.05) is 0 Å². The van der Waals surface area contributed by atoms with E-state index in [2.05, 4.69) is 0 Å². The van der Waals surface area contributed by atoms with Crippen molar-refractivity contribution in [2.45, 2.75) is 44.6 Å². The lowest BCUT2D eigenvalue weighted by molar-refractivity contribution is -0.127. The Morgan fingerprint density at radius 1 is 1.36 bits per heavy atom. The van der Waals surface area contributed by atoms with Crippen molar-refractivity contribution in [1.82, 2.24) is 0 Å². The fraction of sp³-hybridized carbons (Fsp3) is 1.00. The molecule has 0 radical (unpaired) electrons. The first-order chi connectivity index (χ1) is 4.83. The topological polar surface area (TPSA) is 20.2 Å². The molecule has 0 aromatic heterocycles. The average Bonchev–Trinajstić information content (AvgIpc) is 1.81. The van der Waals surface area contributed by atoms with Crippen LogP contribution in [0.1, 0.15) is 33.1 Å². The van der Waals surface area contributed by atoms with Gasteiger partial charge in [-0.2, -0.15) is 0 Å². The van der Waals surface area contributed by atoms with Crippen LogP contribution >= 0.6 is 0 Å². The standard InChI is InChI=1S/C8H14F2O/c1-6-5-8(9,10)4-3-7(6,2)11/h6,11H,3-5H2,1-2H3. The lowest BCUT2D eigenvalue weighted by atomic mass is 9.76. The second-order valence-electron chi connectivity index (χ2n) is 3.82. The third kappa shape index (κ3) is 1.89. The lowest BCUT2D eigenvalue weighted by Crippen LogP contribution is -2.42. The maximum Gasteiger partial charge on any atom is 0.248 e. The quantitative estimate of drug-likeness (QED) is 0.582. The molecular weight excluding hydrogens is 150 g/mol. The molecular formula is C8H14F2O. The number of halogens is 2. The normalized spacial score (nSPS) is 43.9. The van der Waals surface area contributed by atoms with Crippen LogP contribution in [0.4, 0.5) is 8.78 Å². The van der Waals surface area contributed by atoms with E-state index in [9.17, 15) is 13.9 Å². The van der Waals surface area contributed by atoms with Crippen LogP contribution in [0.2, 0.25) is 0 Å². The molecule has 3 heteroatoms. The van der Waals surface area contributed by atoms with Crippen LogP contribution in [-0.2, 0) is 0 Å². The number of hydrogen-bond acceptors (Lipinski definition) is 1. The number of aliphatic hydroxyl groups is 1. The molecule has 1 aliphatic rings. The Morgan fingerprint density at radius 2 is 1.91 bits per heavy atom. The van der Waals surface area contributed by atoms with E-state index >= 15 is 0 Å². The van der Waals surface area contributed by atoms with Crippen molar-refractivity contribution in [2.24, 2.45) is 5.92 Å². The maximum atomic E-state index is 12.7. The molecule has 1 nitrogen and oxygen atoms in total. The van der Waals surface area contributed by atoms with Gasteiger partial charge in [-0.3, -0.25) is 0 Å². The molecule has 11 heavy (non-hydrogen) atoms. The van der Waals surface area contributed by atoms with E-state index in [-0.39, 0.29) is 25.2 Å². The highest BCUT2D eigenvalue weighted by atomic mass is 19.3. The molecule has 66 valence electrons. The largest absolute Gasteiger partial charge is 0.390 e. The molecule has 2 atom stereocenters. The Labute approximate surface area is 65.4 Å². The summed E-state index contributed by atoms with van der Waals surface area (Å²) in [5.74, 6) is -2.85. The molecule has 0 saturated heterocycles. The smallest absolute Gasteiger partial charge is 0.248 e. The van der Waals surface area contributed by atoms with Crippen LogP contribution in [0.25, 0.3) is 0 Å². The fourth-order valence-corrected chi connectivity index (χ4v) is 1.45.